The Morgan fingerprint density at radius 3 is 2.63 bits per heavy atom. The van der Waals surface area contributed by atoms with Crippen LogP contribution in [0.1, 0.15) is 35.9 Å². The molecular weight excluding hydrogens is 286 g/mol. The topological polar surface area (TPSA) is 74.7 Å². The van der Waals surface area contributed by atoms with Crippen molar-refractivity contribution in [1.29, 1.82) is 0 Å². The molecule has 0 atom stereocenters. The molecule has 7 heteroatoms. The van der Waals surface area contributed by atoms with Gasteiger partial charge in [-0.2, -0.15) is 4.31 Å². The summed E-state index contributed by atoms with van der Waals surface area (Å²) in [5.41, 5.74) is 0. The van der Waals surface area contributed by atoms with Gasteiger partial charge >= 0.3 is 5.97 Å². The van der Waals surface area contributed by atoms with Crippen LogP contribution in [0.15, 0.2) is 16.3 Å². The van der Waals surface area contributed by atoms with Gasteiger partial charge in [0.25, 0.3) is 0 Å². The van der Waals surface area contributed by atoms with Crippen LogP contribution in [-0.2, 0) is 10.0 Å². The molecule has 1 aliphatic rings. The summed E-state index contributed by atoms with van der Waals surface area (Å²) in [4.78, 5) is 11.0. The number of carboxylic acid groups (broad SMARTS) is 1. The number of hydrogen-bond donors (Lipinski definition) is 1. The molecular formula is C12H17NO4S2. The predicted octanol–water partition coefficient (Wildman–Crippen LogP) is 2.26. The van der Waals surface area contributed by atoms with Crippen LogP contribution in [0, 0.1) is 5.92 Å². The summed E-state index contributed by atoms with van der Waals surface area (Å²) < 4.78 is 26.3. The van der Waals surface area contributed by atoms with E-state index in [-0.39, 0.29) is 9.77 Å². The molecule has 0 radical (unpaired) electrons. The molecule has 0 aliphatic heterocycles. The Balaban J connectivity index is 2.20. The maximum absolute atomic E-state index is 12.4. The lowest BCUT2D eigenvalue weighted by Gasteiger charge is -2.30. The van der Waals surface area contributed by atoms with Crippen LogP contribution >= 0.6 is 11.3 Å². The van der Waals surface area contributed by atoms with E-state index in [1.807, 2.05) is 0 Å². The highest BCUT2D eigenvalue weighted by atomic mass is 32.2. The molecule has 1 saturated carbocycles. The Labute approximate surface area is 116 Å². The molecule has 5 nitrogen and oxygen atoms in total. The van der Waals surface area contributed by atoms with Gasteiger partial charge in [0, 0.05) is 18.5 Å². The molecule has 0 bridgehead atoms. The SMILES string of the molecule is CCN(CC1CCC1)S(=O)(=O)c1csc(C(=O)O)c1. The fourth-order valence-electron chi connectivity index (χ4n) is 2.08. The van der Waals surface area contributed by atoms with E-state index in [0.29, 0.717) is 19.0 Å². The smallest absolute Gasteiger partial charge is 0.345 e. The van der Waals surface area contributed by atoms with Crippen LogP contribution in [0.25, 0.3) is 0 Å². The fraction of sp³-hybridized carbons (Fsp3) is 0.583. The van der Waals surface area contributed by atoms with E-state index in [1.54, 1.807) is 6.92 Å². The van der Waals surface area contributed by atoms with E-state index in [1.165, 1.54) is 22.2 Å². The lowest BCUT2D eigenvalue weighted by molar-refractivity contribution is 0.0702. The van der Waals surface area contributed by atoms with Crippen LogP contribution in [0.4, 0.5) is 0 Å². The molecule has 1 fully saturated rings. The molecule has 2 rings (SSSR count). The Hall–Kier alpha value is -0.920. The lowest BCUT2D eigenvalue weighted by Crippen LogP contribution is -2.37. The Bertz CT molecular complexity index is 560. The van der Waals surface area contributed by atoms with E-state index in [0.717, 1.165) is 24.2 Å². The average Bonchev–Trinajstić information content (AvgIpc) is 2.77. The van der Waals surface area contributed by atoms with Gasteiger partial charge < -0.3 is 5.11 Å². The van der Waals surface area contributed by atoms with Crippen LogP contribution in [-0.4, -0.2) is 36.9 Å². The highest BCUT2D eigenvalue weighted by Crippen LogP contribution is 2.30. The Kier molecular flexibility index (Phi) is 4.27. The van der Waals surface area contributed by atoms with Crippen molar-refractivity contribution in [2.45, 2.75) is 31.1 Å². The maximum atomic E-state index is 12.4. The summed E-state index contributed by atoms with van der Waals surface area (Å²) in [5, 5.41) is 10.3. The minimum Gasteiger partial charge on any atom is -0.477 e. The molecule has 0 saturated heterocycles. The largest absolute Gasteiger partial charge is 0.477 e. The quantitative estimate of drug-likeness (QED) is 0.874. The van der Waals surface area contributed by atoms with Crippen LogP contribution in [0.2, 0.25) is 0 Å². The second-order valence-electron chi connectivity index (χ2n) is 4.70. The zero-order valence-corrected chi connectivity index (χ0v) is 12.3. The Morgan fingerprint density at radius 1 is 1.53 bits per heavy atom. The first-order valence-corrected chi connectivity index (χ1v) is 8.59. The molecule has 0 aromatic carbocycles. The number of hydrogen-bond acceptors (Lipinski definition) is 4. The highest BCUT2D eigenvalue weighted by Gasteiger charge is 2.29. The summed E-state index contributed by atoms with van der Waals surface area (Å²) in [6.07, 6.45) is 3.33. The molecule has 1 aliphatic carbocycles. The predicted molar refractivity (Wildman–Crippen MR) is 73.1 cm³/mol. The normalized spacial score (nSPS) is 16.5. The van der Waals surface area contributed by atoms with E-state index in [4.69, 9.17) is 5.11 Å². The number of thiophene rings is 1. The van der Waals surface area contributed by atoms with Gasteiger partial charge in [0.2, 0.25) is 10.0 Å². The first-order valence-electron chi connectivity index (χ1n) is 6.27. The fourth-order valence-corrected chi connectivity index (χ4v) is 4.70. The molecule has 19 heavy (non-hydrogen) atoms. The Morgan fingerprint density at radius 2 is 2.21 bits per heavy atom. The van der Waals surface area contributed by atoms with Gasteiger partial charge in [-0.1, -0.05) is 13.3 Å². The minimum atomic E-state index is -3.55. The second-order valence-corrected chi connectivity index (χ2v) is 7.55. The molecule has 0 amide bonds. The van der Waals surface area contributed by atoms with Crippen molar-refractivity contribution in [1.82, 2.24) is 4.31 Å². The molecule has 106 valence electrons. The lowest BCUT2D eigenvalue weighted by atomic mass is 9.85. The van der Waals surface area contributed by atoms with Gasteiger partial charge in [0.1, 0.15) is 4.88 Å². The third-order valence-corrected chi connectivity index (χ3v) is 6.45. The summed E-state index contributed by atoms with van der Waals surface area (Å²) in [5.74, 6) is -0.638. The van der Waals surface area contributed by atoms with Crippen molar-refractivity contribution in [3.8, 4) is 0 Å². The van der Waals surface area contributed by atoms with Crippen molar-refractivity contribution in [2.75, 3.05) is 13.1 Å². The van der Waals surface area contributed by atoms with Gasteiger partial charge in [-0.15, -0.1) is 11.3 Å². The van der Waals surface area contributed by atoms with E-state index in [9.17, 15) is 13.2 Å². The standard InChI is InChI=1S/C12H17NO4S2/c1-2-13(7-9-4-3-5-9)19(16,17)10-6-11(12(14)15)18-8-10/h6,8-9H,2-5,7H2,1H3,(H,14,15). The first kappa shape index (κ1) is 14.5. The minimum absolute atomic E-state index is 0.0540. The second kappa shape index (κ2) is 5.60. The van der Waals surface area contributed by atoms with E-state index in [2.05, 4.69) is 0 Å². The number of carbonyl (C=O) groups is 1. The number of rotatable bonds is 6. The third-order valence-electron chi connectivity index (χ3n) is 3.46. The van der Waals surface area contributed by atoms with Crippen LogP contribution in [0.5, 0.6) is 0 Å². The summed E-state index contributed by atoms with van der Waals surface area (Å²) in [6, 6.07) is 1.24. The number of aromatic carboxylic acids is 1. The van der Waals surface area contributed by atoms with Gasteiger partial charge in [0.05, 0.1) is 4.90 Å². The van der Waals surface area contributed by atoms with E-state index < -0.39 is 16.0 Å². The number of sulfonamides is 1. The monoisotopic (exact) mass is 303 g/mol. The van der Waals surface area contributed by atoms with Crippen molar-refractivity contribution in [2.24, 2.45) is 5.92 Å². The third kappa shape index (κ3) is 2.98. The maximum Gasteiger partial charge on any atom is 0.345 e. The highest BCUT2D eigenvalue weighted by molar-refractivity contribution is 7.89. The molecule has 0 spiro atoms. The van der Waals surface area contributed by atoms with Crippen molar-refractivity contribution >= 4 is 27.3 Å². The van der Waals surface area contributed by atoms with Gasteiger partial charge in [-0.3, -0.25) is 0 Å². The van der Waals surface area contributed by atoms with Crippen molar-refractivity contribution in [3.63, 3.8) is 0 Å². The number of carboxylic acids is 1. The van der Waals surface area contributed by atoms with Crippen molar-refractivity contribution < 1.29 is 18.3 Å². The summed E-state index contributed by atoms with van der Waals surface area (Å²) in [7, 11) is -3.55. The van der Waals surface area contributed by atoms with Gasteiger partial charge in [-0.05, 0) is 24.8 Å². The molecule has 1 heterocycles. The molecule has 1 aromatic heterocycles. The zero-order chi connectivity index (χ0) is 14.0. The van der Waals surface area contributed by atoms with Gasteiger partial charge in [0.15, 0.2) is 0 Å². The average molecular weight is 303 g/mol. The first-order chi connectivity index (χ1) is 8.95. The molecule has 0 unspecified atom stereocenters. The van der Waals surface area contributed by atoms with Crippen molar-refractivity contribution in [3.05, 3.63) is 16.3 Å². The van der Waals surface area contributed by atoms with Gasteiger partial charge in [-0.25, -0.2) is 13.2 Å². The summed E-state index contributed by atoms with van der Waals surface area (Å²) in [6.45, 7) is 2.76. The van der Waals surface area contributed by atoms with Crippen LogP contribution in [0.3, 0.4) is 0 Å². The molecule has 1 aromatic rings. The summed E-state index contributed by atoms with van der Waals surface area (Å²) >= 11 is 0.946. The molecule has 1 N–H and O–H groups in total. The van der Waals surface area contributed by atoms with E-state index >= 15 is 0 Å². The zero-order valence-electron chi connectivity index (χ0n) is 10.7. The number of nitrogens with zero attached hydrogens (tertiary/aromatic N) is 1. The van der Waals surface area contributed by atoms with Crippen LogP contribution < -0.4 is 0 Å².